The number of rotatable bonds is 2. The van der Waals surface area contributed by atoms with Gasteiger partial charge in [-0.15, -0.1) is 0 Å². The maximum Gasteiger partial charge on any atom is 0.156 e. The number of nitriles is 1. The number of nitrogens with one attached hydrogen (secondary N) is 2. The summed E-state index contributed by atoms with van der Waals surface area (Å²) in [5.41, 5.74) is 0.975. The number of fused-ring (bicyclic) bond motifs is 1. The average molecular weight is 172 g/mol. The van der Waals surface area contributed by atoms with Gasteiger partial charge in [-0.3, -0.25) is 5.10 Å². The Hall–Kier alpha value is -2.02. The molecule has 0 aliphatic heterocycles. The van der Waals surface area contributed by atoms with Gasteiger partial charge in [-0.2, -0.15) is 10.4 Å². The van der Waals surface area contributed by atoms with Crippen LogP contribution in [0.5, 0.6) is 0 Å². The fraction of sp³-hybridized carbons (Fsp3) is 0.111. The second-order valence-electron chi connectivity index (χ2n) is 2.63. The molecule has 64 valence electrons. The molecule has 0 saturated heterocycles. The molecular weight excluding hydrogens is 164 g/mol. The van der Waals surface area contributed by atoms with E-state index in [1.165, 1.54) is 0 Å². The zero-order valence-corrected chi connectivity index (χ0v) is 6.91. The smallest absolute Gasteiger partial charge is 0.156 e. The van der Waals surface area contributed by atoms with Crippen LogP contribution in [-0.2, 0) is 0 Å². The van der Waals surface area contributed by atoms with E-state index in [9.17, 15) is 0 Å². The van der Waals surface area contributed by atoms with Gasteiger partial charge >= 0.3 is 0 Å². The third kappa shape index (κ3) is 1.32. The third-order valence-corrected chi connectivity index (χ3v) is 1.81. The van der Waals surface area contributed by atoms with Crippen molar-refractivity contribution in [2.75, 3.05) is 11.9 Å². The van der Waals surface area contributed by atoms with Gasteiger partial charge < -0.3 is 5.32 Å². The first-order chi connectivity index (χ1) is 6.42. The summed E-state index contributed by atoms with van der Waals surface area (Å²) in [5, 5.41) is 19.2. The molecule has 0 radical (unpaired) electrons. The molecule has 0 fully saturated rings. The van der Waals surface area contributed by atoms with E-state index in [1.807, 2.05) is 30.3 Å². The number of aromatic nitrogens is 2. The molecule has 0 amide bonds. The summed E-state index contributed by atoms with van der Waals surface area (Å²) in [5.74, 6) is 0.733. The van der Waals surface area contributed by atoms with Gasteiger partial charge in [-0.05, 0) is 12.1 Å². The number of hydrogen-bond donors (Lipinski definition) is 2. The van der Waals surface area contributed by atoms with Crippen molar-refractivity contribution in [3.63, 3.8) is 0 Å². The minimum Gasteiger partial charge on any atom is -0.355 e. The van der Waals surface area contributed by atoms with Gasteiger partial charge in [0.05, 0.1) is 11.6 Å². The van der Waals surface area contributed by atoms with Gasteiger partial charge in [-0.25, -0.2) is 0 Å². The van der Waals surface area contributed by atoms with Crippen LogP contribution in [0.15, 0.2) is 24.3 Å². The van der Waals surface area contributed by atoms with E-state index in [0.717, 1.165) is 16.7 Å². The Kier molecular flexibility index (Phi) is 1.85. The Balaban J connectivity index is 2.41. The van der Waals surface area contributed by atoms with Crippen molar-refractivity contribution < 1.29 is 0 Å². The lowest BCUT2D eigenvalue weighted by Gasteiger charge is -1.94. The molecule has 4 heteroatoms. The molecular formula is C9H8N4. The van der Waals surface area contributed by atoms with Gasteiger partial charge in [0.2, 0.25) is 0 Å². The van der Waals surface area contributed by atoms with E-state index in [2.05, 4.69) is 15.5 Å². The lowest BCUT2D eigenvalue weighted by Crippen LogP contribution is -1.98. The van der Waals surface area contributed by atoms with Crippen LogP contribution in [-0.4, -0.2) is 16.7 Å². The fourth-order valence-electron chi connectivity index (χ4n) is 1.22. The van der Waals surface area contributed by atoms with E-state index >= 15 is 0 Å². The molecule has 2 N–H and O–H groups in total. The lowest BCUT2D eigenvalue weighted by molar-refractivity contribution is 1.10. The highest BCUT2D eigenvalue weighted by Crippen LogP contribution is 2.18. The standard InChI is InChI=1S/C9H8N4/c10-5-6-11-9-7-3-1-2-4-8(7)12-13-9/h1-4H,6H2,(H2,11,12,13). The molecule has 1 aromatic carbocycles. The van der Waals surface area contributed by atoms with Crippen LogP contribution in [0, 0.1) is 11.3 Å². The van der Waals surface area contributed by atoms with Crippen molar-refractivity contribution >= 4 is 16.7 Å². The van der Waals surface area contributed by atoms with Gasteiger partial charge in [0.25, 0.3) is 0 Å². The molecule has 4 nitrogen and oxygen atoms in total. The molecule has 2 rings (SSSR count). The second kappa shape index (κ2) is 3.15. The number of aromatic amines is 1. The monoisotopic (exact) mass is 172 g/mol. The first kappa shape index (κ1) is 7.62. The second-order valence-corrected chi connectivity index (χ2v) is 2.63. The highest BCUT2D eigenvalue weighted by Gasteiger charge is 2.01. The molecule has 13 heavy (non-hydrogen) atoms. The number of anilines is 1. The lowest BCUT2D eigenvalue weighted by atomic mass is 10.2. The Bertz CT molecular complexity index is 452. The fourth-order valence-corrected chi connectivity index (χ4v) is 1.22. The van der Waals surface area contributed by atoms with Crippen LogP contribution < -0.4 is 5.32 Å². The Labute approximate surface area is 75.2 Å². The molecule has 0 spiro atoms. The topological polar surface area (TPSA) is 64.5 Å². The molecule has 1 heterocycles. The van der Waals surface area contributed by atoms with Gasteiger partial charge in [-0.1, -0.05) is 12.1 Å². The molecule has 0 bridgehead atoms. The van der Waals surface area contributed by atoms with E-state index in [-0.39, 0.29) is 6.54 Å². The average Bonchev–Trinajstić information content (AvgIpc) is 2.58. The Morgan fingerprint density at radius 2 is 2.31 bits per heavy atom. The molecule has 0 aliphatic rings. The SMILES string of the molecule is N#CCNc1n[nH]c2ccccc12. The van der Waals surface area contributed by atoms with Crippen LogP contribution in [0.2, 0.25) is 0 Å². The van der Waals surface area contributed by atoms with Crippen molar-refractivity contribution in [2.24, 2.45) is 0 Å². The molecule has 2 aromatic rings. The number of para-hydroxylation sites is 1. The van der Waals surface area contributed by atoms with Crippen LogP contribution in [0.25, 0.3) is 10.9 Å². The minimum atomic E-state index is 0.273. The van der Waals surface area contributed by atoms with Crippen molar-refractivity contribution in [3.05, 3.63) is 24.3 Å². The summed E-state index contributed by atoms with van der Waals surface area (Å²) in [6.07, 6.45) is 0. The summed E-state index contributed by atoms with van der Waals surface area (Å²) in [7, 11) is 0. The molecule has 0 atom stereocenters. The van der Waals surface area contributed by atoms with Crippen molar-refractivity contribution in [1.29, 1.82) is 5.26 Å². The summed E-state index contributed by atoms with van der Waals surface area (Å²) >= 11 is 0. The first-order valence-corrected chi connectivity index (χ1v) is 3.96. The number of benzene rings is 1. The quantitative estimate of drug-likeness (QED) is 0.674. The molecule has 0 unspecified atom stereocenters. The normalized spacial score (nSPS) is 9.77. The van der Waals surface area contributed by atoms with Gasteiger partial charge in [0.1, 0.15) is 6.54 Å². The summed E-state index contributed by atoms with van der Waals surface area (Å²) in [6.45, 7) is 0.273. The third-order valence-electron chi connectivity index (χ3n) is 1.81. The van der Waals surface area contributed by atoms with Crippen LogP contribution >= 0.6 is 0 Å². The minimum absolute atomic E-state index is 0.273. The van der Waals surface area contributed by atoms with E-state index in [1.54, 1.807) is 0 Å². The van der Waals surface area contributed by atoms with Crippen molar-refractivity contribution in [3.8, 4) is 6.07 Å². The molecule has 0 saturated carbocycles. The number of nitrogens with zero attached hydrogens (tertiary/aromatic N) is 2. The Morgan fingerprint density at radius 1 is 1.46 bits per heavy atom. The predicted octanol–water partition coefficient (Wildman–Crippen LogP) is 1.50. The van der Waals surface area contributed by atoms with Gasteiger partial charge in [0.15, 0.2) is 5.82 Å². The van der Waals surface area contributed by atoms with Gasteiger partial charge in [0, 0.05) is 5.39 Å². The zero-order valence-electron chi connectivity index (χ0n) is 6.91. The summed E-state index contributed by atoms with van der Waals surface area (Å²) in [4.78, 5) is 0. The molecule has 0 aliphatic carbocycles. The van der Waals surface area contributed by atoms with Crippen molar-refractivity contribution in [2.45, 2.75) is 0 Å². The van der Waals surface area contributed by atoms with E-state index in [0.29, 0.717) is 0 Å². The number of hydrogen-bond acceptors (Lipinski definition) is 3. The zero-order chi connectivity index (χ0) is 9.10. The van der Waals surface area contributed by atoms with Crippen LogP contribution in [0.3, 0.4) is 0 Å². The first-order valence-electron chi connectivity index (χ1n) is 3.96. The largest absolute Gasteiger partial charge is 0.355 e. The predicted molar refractivity (Wildman–Crippen MR) is 50.2 cm³/mol. The van der Waals surface area contributed by atoms with Crippen LogP contribution in [0.4, 0.5) is 5.82 Å². The highest BCUT2D eigenvalue weighted by atomic mass is 15.2. The Morgan fingerprint density at radius 3 is 3.15 bits per heavy atom. The highest BCUT2D eigenvalue weighted by molar-refractivity contribution is 5.89. The maximum absolute atomic E-state index is 8.39. The van der Waals surface area contributed by atoms with E-state index < -0.39 is 0 Å². The summed E-state index contributed by atoms with van der Waals surface area (Å²) < 4.78 is 0. The molecule has 1 aromatic heterocycles. The van der Waals surface area contributed by atoms with Crippen molar-refractivity contribution in [1.82, 2.24) is 10.2 Å². The van der Waals surface area contributed by atoms with E-state index in [4.69, 9.17) is 5.26 Å². The maximum atomic E-state index is 8.39. The number of H-pyrrole nitrogens is 1. The summed E-state index contributed by atoms with van der Waals surface area (Å²) in [6, 6.07) is 9.79. The van der Waals surface area contributed by atoms with Crippen LogP contribution in [0.1, 0.15) is 0 Å².